The van der Waals surface area contributed by atoms with Gasteiger partial charge < -0.3 is 15.1 Å². The van der Waals surface area contributed by atoms with Crippen molar-refractivity contribution in [3.05, 3.63) is 65.6 Å². The summed E-state index contributed by atoms with van der Waals surface area (Å²) in [4.78, 5) is 29.6. The fraction of sp³-hybridized carbons (Fsp3) is 0.143. The summed E-state index contributed by atoms with van der Waals surface area (Å²) < 4.78 is 33.2. The highest BCUT2D eigenvalue weighted by molar-refractivity contribution is 6.08. The number of nitrogens with one attached hydrogen (secondary N) is 2. The van der Waals surface area contributed by atoms with Crippen LogP contribution >= 0.6 is 0 Å². The van der Waals surface area contributed by atoms with Gasteiger partial charge in [-0.2, -0.15) is 5.10 Å². The molecular weight excluding hydrogens is 408 g/mol. The molecule has 158 valence electrons. The van der Waals surface area contributed by atoms with Crippen molar-refractivity contribution >= 4 is 28.5 Å². The Kier molecular flexibility index (Phi) is 5.20. The molecule has 0 aliphatic rings. The monoisotopic (exact) mass is 425 g/mol. The third-order valence-corrected chi connectivity index (χ3v) is 4.60. The predicted octanol–water partition coefficient (Wildman–Crippen LogP) is 3.18. The highest BCUT2D eigenvalue weighted by Gasteiger charge is 2.20. The normalized spacial score (nSPS) is 11.0. The molecule has 10 heteroatoms. The summed E-state index contributed by atoms with van der Waals surface area (Å²) in [6.07, 6.45) is 1.50. The van der Waals surface area contributed by atoms with Crippen LogP contribution in [0.5, 0.6) is 0 Å². The van der Waals surface area contributed by atoms with Crippen LogP contribution in [-0.2, 0) is 11.8 Å². The van der Waals surface area contributed by atoms with Gasteiger partial charge in [0.1, 0.15) is 5.69 Å². The Morgan fingerprint density at radius 2 is 1.97 bits per heavy atom. The number of hydrogen-bond acceptors (Lipinski definition) is 5. The number of pyridine rings is 1. The van der Waals surface area contributed by atoms with Crippen LogP contribution in [0.25, 0.3) is 22.5 Å². The molecule has 4 rings (SSSR count). The van der Waals surface area contributed by atoms with Crippen molar-refractivity contribution in [3.8, 4) is 11.5 Å². The van der Waals surface area contributed by atoms with Crippen molar-refractivity contribution in [1.82, 2.24) is 20.1 Å². The Balaban J connectivity index is 1.57. The van der Waals surface area contributed by atoms with Crippen LogP contribution in [0, 0.1) is 18.6 Å². The molecule has 1 aromatic carbocycles. The molecule has 31 heavy (non-hydrogen) atoms. The number of furan rings is 1. The number of hydrogen-bond donors (Lipinski definition) is 2. The number of nitrogens with zero attached hydrogens (tertiary/aromatic N) is 3. The number of aromatic nitrogens is 3. The summed E-state index contributed by atoms with van der Waals surface area (Å²) in [6.45, 7) is 1.38. The van der Waals surface area contributed by atoms with Crippen LogP contribution in [-0.4, -0.2) is 33.1 Å². The van der Waals surface area contributed by atoms with E-state index in [1.165, 1.54) is 12.3 Å². The molecule has 8 nitrogen and oxygen atoms in total. The van der Waals surface area contributed by atoms with Crippen LogP contribution in [0.15, 0.2) is 47.1 Å². The summed E-state index contributed by atoms with van der Waals surface area (Å²) in [6, 6.07) is 7.97. The van der Waals surface area contributed by atoms with E-state index in [-0.39, 0.29) is 17.8 Å². The zero-order chi connectivity index (χ0) is 22.1. The number of halogens is 2. The predicted molar refractivity (Wildman–Crippen MR) is 108 cm³/mol. The van der Waals surface area contributed by atoms with Gasteiger partial charge in [0.2, 0.25) is 5.91 Å². The number of rotatable bonds is 5. The lowest BCUT2D eigenvalue weighted by atomic mass is 10.1. The molecule has 3 aromatic heterocycles. The molecule has 3 heterocycles. The van der Waals surface area contributed by atoms with Crippen LogP contribution in [0.4, 0.5) is 14.5 Å². The molecule has 4 aromatic rings. The maximum atomic E-state index is 13.3. The first-order chi connectivity index (χ1) is 14.8. The van der Waals surface area contributed by atoms with E-state index >= 15 is 0 Å². The first-order valence-corrected chi connectivity index (χ1v) is 9.25. The minimum atomic E-state index is -1.08. The SMILES string of the molecule is Cc1nn(C)c2nc(-c3ccco3)cc(C(=O)NCC(=O)Nc3ccc(F)c(F)c3)c12. The molecule has 2 amide bonds. The average molecular weight is 425 g/mol. The van der Waals surface area contributed by atoms with E-state index in [0.717, 1.165) is 12.1 Å². The van der Waals surface area contributed by atoms with E-state index in [0.29, 0.717) is 28.2 Å². The first-order valence-electron chi connectivity index (χ1n) is 9.25. The van der Waals surface area contributed by atoms with Crippen LogP contribution in [0.3, 0.4) is 0 Å². The quantitative estimate of drug-likeness (QED) is 0.511. The van der Waals surface area contributed by atoms with Crippen molar-refractivity contribution in [3.63, 3.8) is 0 Å². The van der Waals surface area contributed by atoms with E-state index < -0.39 is 23.4 Å². The molecule has 2 N–H and O–H groups in total. The van der Waals surface area contributed by atoms with Crippen molar-refractivity contribution in [2.45, 2.75) is 6.92 Å². The number of carbonyl (C=O) groups is 2. The third kappa shape index (κ3) is 4.00. The average Bonchev–Trinajstić information content (AvgIpc) is 3.37. The van der Waals surface area contributed by atoms with Gasteiger partial charge >= 0.3 is 0 Å². The van der Waals surface area contributed by atoms with Gasteiger partial charge in [-0.05, 0) is 37.3 Å². The third-order valence-electron chi connectivity index (χ3n) is 4.60. The first kappa shape index (κ1) is 20.2. The van der Waals surface area contributed by atoms with Gasteiger partial charge in [-0.25, -0.2) is 13.8 Å². The highest BCUT2D eigenvalue weighted by atomic mass is 19.2. The van der Waals surface area contributed by atoms with E-state index in [1.54, 1.807) is 36.9 Å². The fourth-order valence-electron chi connectivity index (χ4n) is 3.21. The zero-order valence-corrected chi connectivity index (χ0v) is 16.6. The molecule has 0 saturated carbocycles. The molecule has 0 unspecified atom stereocenters. The van der Waals surface area contributed by atoms with Gasteiger partial charge in [0, 0.05) is 18.8 Å². The second kappa shape index (κ2) is 7.98. The summed E-state index contributed by atoms with van der Waals surface area (Å²) in [5.41, 5.74) is 1.89. The Hall–Kier alpha value is -4.08. The number of carbonyl (C=O) groups excluding carboxylic acids is 2. The van der Waals surface area contributed by atoms with Gasteiger partial charge in [0.15, 0.2) is 23.0 Å². The van der Waals surface area contributed by atoms with Gasteiger partial charge in [-0.1, -0.05) is 0 Å². The Labute approximate surface area is 174 Å². The summed E-state index contributed by atoms with van der Waals surface area (Å²) in [5, 5.41) is 9.80. The van der Waals surface area contributed by atoms with Crippen LogP contribution in [0.1, 0.15) is 16.1 Å². The van der Waals surface area contributed by atoms with Gasteiger partial charge in [-0.3, -0.25) is 14.3 Å². The Morgan fingerprint density at radius 1 is 1.16 bits per heavy atom. The second-order valence-corrected chi connectivity index (χ2v) is 6.80. The minimum Gasteiger partial charge on any atom is -0.463 e. The summed E-state index contributed by atoms with van der Waals surface area (Å²) in [7, 11) is 1.71. The van der Waals surface area contributed by atoms with Gasteiger partial charge in [-0.15, -0.1) is 0 Å². The van der Waals surface area contributed by atoms with Crippen LogP contribution in [0.2, 0.25) is 0 Å². The number of aryl methyl sites for hydroxylation is 2. The lowest BCUT2D eigenvalue weighted by Gasteiger charge is -2.09. The van der Waals surface area contributed by atoms with Crippen molar-refractivity contribution in [2.24, 2.45) is 7.05 Å². The lowest BCUT2D eigenvalue weighted by molar-refractivity contribution is -0.115. The van der Waals surface area contributed by atoms with Crippen LogP contribution < -0.4 is 10.6 Å². The molecular formula is C21H17F2N5O3. The lowest BCUT2D eigenvalue weighted by Crippen LogP contribution is -2.33. The van der Waals surface area contributed by atoms with E-state index in [2.05, 4.69) is 20.7 Å². The fourth-order valence-corrected chi connectivity index (χ4v) is 3.21. The van der Waals surface area contributed by atoms with Crippen molar-refractivity contribution in [2.75, 3.05) is 11.9 Å². The molecule has 0 aliphatic heterocycles. The summed E-state index contributed by atoms with van der Waals surface area (Å²) in [5.74, 6) is -2.74. The van der Waals surface area contributed by atoms with Gasteiger partial charge in [0.05, 0.1) is 29.5 Å². The zero-order valence-electron chi connectivity index (χ0n) is 16.6. The maximum Gasteiger partial charge on any atom is 0.252 e. The number of anilines is 1. The van der Waals surface area contributed by atoms with E-state index in [1.807, 2.05) is 0 Å². The maximum absolute atomic E-state index is 13.3. The molecule has 0 bridgehead atoms. The molecule has 0 radical (unpaired) electrons. The number of fused-ring (bicyclic) bond motifs is 1. The standard InChI is InChI=1S/C21H17F2N5O3/c1-11-19-13(9-16(17-4-3-7-31-17)26-20(19)28(2)27-11)21(30)24-10-18(29)25-12-5-6-14(22)15(23)8-12/h3-9H,10H2,1-2H3,(H,24,30)(H,25,29). The molecule has 0 fully saturated rings. The smallest absolute Gasteiger partial charge is 0.252 e. The molecule has 0 atom stereocenters. The Bertz CT molecular complexity index is 1300. The van der Waals surface area contributed by atoms with Gasteiger partial charge in [0.25, 0.3) is 5.91 Å². The van der Waals surface area contributed by atoms with E-state index in [9.17, 15) is 18.4 Å². The minimum absolute atomic E-state index is 0.0765. The Morgan fingerprint density at radius 3 is 2.68 bits per heavy atom. The molecule has 0 aliphatic carbocycles. The van der Waals surface area contributed by atoms with Crippen molar-refractivity contribution in [1.29, 1.82) is 0 Å². The molecule has 0 saturated heterocycles. The second-order valence-electron chi connectivity index (χ2n) is 6.80. The number of benzene rings is 1. The highest BCUT2D eigenvalue weighted by Crippen LogP contribution is 2.27. The summed E-state index contributed by atoms with van der Waals surface area (Å²) >= 11 is 0. The molecule has 0 spiro atoms. The van der Waals surface area contributed by atoms with Crippen molar-refractivity contribution < 1.29 is 22.8 Å². The largest absolute Gasteiger partial charge is 0.463 e. The van der Waals surface area contributed by atoms with E-state index in [4.69, 9.17) is 4.42 Å². The number of amides is 2. The topological polar surface area (TPSA) is 102 Å².